The molecule has 0 atom stereocenters. The van der Waals surface area contributed by atoms with Gasteiger partial charge in [-0.2, -0.15) is 0 Å². The SMILES string of the molecule is O=C(COC(=O)C=Cc1ccccc1)Nc1ccccc1Cl. The molecule has 1 N–H and O–H groups in total. The van der Waals surface area contributed by atoms with Crippen LogP contribution in [0.3, 0.4) is 0 Å². The topological polar surface area (TPSA) is 55.4 Å². The standard InChI is InChI=1S/C17H14ClNO3/c18-14-8-4-5-9-15(14)19-16(20)12-22-17(21)11-10-13-6-2-1-3-7-13/h1-11H,12H2,(H,19,20). The second kappa shape index (κ2) is 8.00. The summed E-state index contributed by atoms with van der Waals surface area (Å²) < 4.78 is 4.86. The Morgan fingerprint density at radius 1 is 1.05 bits per heavy atom. The third-order valence-corrected chi connectivity index (χ3v) is 3.03. The molecule has 0 saturated carbocycles. The van der Waals surface area contributed by atoms with E-state index in [1.54, 1.807) is 30.3 Å². The van der Waals surface area contributed by atoms with Crippen LogP contribution in [0.4, 0.5) is 5.69 Å². The van der Waals surface area contributed by atoms with Crippen molar-refractivity contribution in [2.75, 3.05) is 11.9 Å². The Morgan fingerprint density at radius 3 is 2.45 bits per heavy atom. The van der Waals surface area contributed by atoms with Gasteiger partial charge in [0.1, 0.15) is 0 Å². The third kappa shape index (κ3) is 5.07. The molecule has 1 amide bonds. The maximum atomic E-state index is 11.7. The Morgan fingerprint density at radius 2 is 1.73 bits per heavy atom. The molecule has 2 aromatic carbocycles. The molecule has 0 saturated heterocycles. The van der Waals surface area contributed by atoms with E-state index < -0.39 is 11.9 Å². The molecule has 0 fully saturated rings. The lowest BCUT2D eigenvalue weighted by Gasteiger charge is -2.06. The van der Waals surface area contributed by atoms with Crippen LogP contribution in [0, 0.1) is 0 Å². The van der Waals surface area contributed by atoms with Gasteiger partial charge in [0.2, 0.25) is 0 Å². The smallest absolute Gasteiger partial charge is 0.331 e. The van der Waals surface area contributed by atoms with Gasteiger partial charge in [-0.1, -0.05) is 54.1 Å². The summed E-state index contributed by atoms with van der Waals surface area (Å²) in [5.41, 5.74) is 1.35. The number of ether oxygens (including phenoxy) is 1. The maximum absolute atomic E-state index is 11.7. The molecule has 22 heavy (non-hydrogen) atoms. The minimum absolute atomic E-state index is 0.372. The highest BCUT2D eigenvalue weighted by molar-refractivity contribution is 6.33. The highest BCUT2D eigenvalue weighted by Crippen LogP contribution is 2.20. The van der Waals surface area contributed by atoms with Crippen molar-refractivity contribution in [1.29, 1.82) is 0 Å². The van der Waals surface area contributed by atoms with E-state index in [1.165, 1.54) is 6.08 Å². The van der Waals surface area contributed by atoms with Crippen LogP contribution in [0.15, 0.2) is 60.7 Å². The zero-order chi connectivity index (χ0) is 15.8. The van der Waals surface area contributed by atoms with Gasteiger partial charge in [-0.25, -0.2) is 4.79 Å². The van der Waals surface area contributed by atoms with Crippen LogP contribution in [0.5, 0.6) is 0 Å². The summed E-state index contributed by atoms with van der Waals surface area (Å²) in [7, 11) is 0. The van der Waals surface area contributed by atoms with Crippen LogP contribution in [-0.2, 0) is 14.3 Å². The number of rotatable bonds is 5. The molecule has 0 aliphatic heterocycles. The number of amides is 1. The molecule has 2 rings (SSSR count). The van der Waals surface area contributed by atoms with E-state index in [0.29, 0.717) is 10.7 Å². The molecule has 5 heteroatoms. The van der Waals surface area contributed by atoms with Crippen molar-refractivity contribution in [2.24, 2.45) is 0 Å². The summed E-state index contributed by atoms with van der Waals surface area (Å²) in [6, 6.07) is 16.1. The molecule has 2 aromatic rings. The van der Waals surface area contributed by atoms with Crippen LogP contribution in [0.25, 0.3) is 6.08 Å². The summed E-state index contributed by atoms with van der Waals surface area (Å²) in [6.07, 6.45) is 2.90. The van der Waals surface area contributed by atoms with Gasteiger partial charge in [0, 0.05) is 6.08 Å². The number of carbonyl (C=O) groups is 2. The lowest BCUT2D eigenvalue weighted by Crippen LogP contribution is -2.20. The highest BCUT2D eigenvalue weighted by atomic mass is 35.5. The Bertz CT molecular complexity index is 683. The van der Waals surface area contributed by atoms with Crippen molar-refractivity contribution in [3.63, 3.8) is 0 Å². The van der Waals surface area contributed by atoms with E-state index >= 15 is 0 Å². The first-order chi connectivity index (χ1) is 10.6. The van der Waals surface area contributed by atoms with E-state index in [4.69, 9.17) is 16.3 Å². The lowest BCUT2D eigenvalue weighted by atomic mass is 10.2. The minimum atomic E-state index is -0.585. The van der Waals surface area contributed by atoms with Crippen LogP contribution >= 0.6 is 11.6 Å². The van der Waals surface area contributed by atoms with Gasteiger partial charge >= 0.3 is 5.97 Å². The average Bonchev–Trinajstić information content (AvgIpc) is 2.54. The molecule has 0 bridgehead atoms. The molecule has 0 aliphatic carbocycles. The molecule has 0 unspecified atom stereocenters. The van der Waals surface area contributed by atoms with Crippen LogP contribution < -0.4 is 5.32 Å². The molecule has 0 aromatic heterocycles. The zero-order valence-electron chi connectivity index (χ0n) is 11.7. The molecule has 112 valence electrons. The number of anilines is 1. The maximum Gasteiger partial charge on any atom is 0.331 e. The molecule has 0 radical (unpaired) electrons. The fourth-order valence-electron chi connectivity index (χ4n) is 1.66. The first kappa shape index (κ1) is 15.8. The van der Waals surface area contributed by atoms with Crippen molar-refractivity contribution in [3.05, 3.63) is 71.3 Å². The zero-order valence-corrected chi connectivity index (χ0v) is 12.4. The van der Waals surface area contributed by atoms with E-state index in [0.717, 1.165) is 5.56 Å². The normalized spacial score (nSPS) is 10.4. The lowest BCUT2D eigenvalue weighted by molar-refractivity contribution is -0.142. The second-order valence-corrected chi connectivity index (χ2v) is 4.79. The Kier molecular flexibility index (Phi) is 5.74. The molecule has 0 heterocycles. The number of hydrogen-bond acceptors (Lipinski definition) is 3. The molecule has 0 aliphatic rings. The Balaban J connectivity index is 1.80. The van der Waals surface area contributed by atoms with E-state index in [2.05, 4.69) is 5.32 Å². The largest absolute Gasteiger partial charge is 0.452 e. The molecule has 4 nitrogen and oxygen atoms in total. The summed E-state index contributed by atoms with van der Waals surface area (Å²) in [6.45, 7) is -0.372. The summed E-state index contributed by atoms with van der Waals surface area (Å²) >= 11 is 5.91. The predicted molar refractivity (Wildman–Crippen MR) is 86.5 cm³/mol. The summed E-state index contributed by atoms with van der Waals surface area (Å²) in [5, 5.41) is 2.99. The fourth-order valence-corrected chi connectivity index (χ4v) is 1.85. The number of nitrogens with one attached hydrogen (secondary N) is 1. The number of hydrogen-bond donors (Lipinski definition) is 1. The van der Waals surface area contributed by atoms with Gasteiger partial charge in [0.25, 0.3) is 5.91 Å². The first-order valence-electron chi connectivity index (χ1n) is 6.59. The van der Waals surface area contributed by atoms with E-state index in [1.807, 2.05) is 30.3 Å². The van der Waals surface area contributed by atoms with Crippen molar-refractivity contribution >= 4 is 35.2 Å². The van der Waals surface area contributed by atoms with Crippen LogP contribution in [0.1, 0.15) is 5.56 Å². The molecule has 0 spiro atoms. The molecular formula is C17H14ClNO3. The Hall–Kier alpha value is -2.59. The quantitative estimate of drug-likeness (QED) is 0.678. The number of halogens is 1. The average molecular weight is 316 g/mol. The predicted octanol–water partition coefficient (Wildman–Crippen LogP) is 3.54. The van der Waals surface area contributed by atoms with E-state index in [-0.39, 0.29) is 6.61 Å². The van der Waals surface area contributed by atoms with Crippen molar-refractivity contribution in [1.82, 2.24) is 0 Å². The number of esters is 1. The number of carbonyl (C=O) groups excluding carboxylic acids is 2. The van der Waals surface area contributed by atoms with Gasteiger partial charge in [-0.3, -0.25) is 4.79 Å². The highest BCUT2D eigenvalue weighted by Gasteiger charge is 2.07. The van der Waals surface area contributed by atoms with Gasteiger partial charge in [0.15, 0.2) is 6.61 Å². The number of benzene rings is 2. The fraction of sp³-hybridized carbons (Fsp3) is 0.0588. The van der Waals surface area contributed by atoms with Gasteiger partial charge in [-0.05, 0) is 23.8 Å². The summed E-state index contributed by atoms with van der Waals surface area (Å²) in [4.78, 5) is 23.2. The van der Waals surface area contributed by atoms with Crippen molar-refractivity contribution < 1.29 is 14.3 Å². The van der Waals surface area contributed by atoms with Gasteiger partial charge in [-0.15, -0.1) is 0 Å². The van der Waals surface area contributed by atoms with Crippen molar-refractivity contribution in [2.45, 2.75) is 0 Å². The monoisotopic (exact) mass is 315 g/mol. The van der Waals surface area contributed by atoms with Gasteiger partial charge in [0.05, 0.1) is 10.7 Å². The summed E-state index contributed by atoms with van der Waals surface area (Å²) in [5.74, 6) is -1.03. The van der Waals surface area contributed by atoms with E-state index in [9.17, 15) is 9.59 Å². The first-order valence-corrected chi connectivity index (χ1v) is 6.97. The number of para-hydroxylation sites is 1. The van der Waals surface area contributed by atoms with Crippen molar-refractivity contribution in [3.8, 4) is 0 Å². The second-order valence-electron chi connectivity index (χ2n) is 4.38. The van der Waals surface area contributed by atoms with Crippen LogP contribution in [-0.4, -0.2) is 18.5 Å². The van der Waals surface area contributed by atoms with Crippen LogP contribution in [0.2, 0.25) is 5.02 Å². The third-order valence-electron chi connectivity index (χ3n) is 2.70. The Labute approximate surface area is 133 Å². The molecular weight excluding hydrogens is 302 g/mol. The minimum Gasteiger partial charge on any atom is -0.452 e. The van der Waals surface area contributed by atoms with Gasteiger partial charge < -0.3 is 10.1 Å².